The average molecular weight is 266 g/mol. The predicted molar refractivity (Wildman–Crippen MR) is 65.2 cm³/mol. The van der Waals surface area contributed by atoms with Crippen molar-refractivity contribution >= 4 is 18.0 Å². The van der Waals surface area contributed by atoms with Gasteiger partial charge < -0.3 is 15.9 Å². The van der Waals surface area contributed by atoms with Gasteiger partial charge in [-0.3, -0.25) is 9.69 Å². The Balaban J connectivity index is 2.94. The molecule has 1 rings (SSSR count). The number of amides is 2. The van der Waals surface area contributed by atoms with Crippen LogP contribution in [0.2, 0.25) is 0 Å². The number of hydrogen-bond donors (Lipinski definition) is 3. The number of carbonyl (C=O) groups is 3. The number of rotatable bonds is 6. The van der Waals surface area contributed by atoms with E-state index in [1.807, 2.05) is 0 Å². The fourth-order valence-corrected chi connectivity index (χ4v) is 1.61. The summed E-state index contributed by atoms with van der Waals surface area (Å²) in [6.07, 6.45) is -1.98. The number of carbonyl (C=O) groups excluding carboxylic acids is 1. The monoisotopic (exact) mass is 266 g/mol. The van der Waals surface area contributed by atoms with E-state index in [1.165, 1.54) is 0 Å². The van der Waals surface area contributed by atoms with Gasteiger partial charge in [0.15, 0.2) is 0 Å². The molecular formula is C12H14N2O5. The molecule has 19 heavy (non-hydrogen) atoms. The molecule has 7 nitrogen and oxygen atoms in total. The van der Waals surface area contributed by atoms with Crippen molar-refractivity contribution < 1.29 is 24.6 Å². The van der Waals surface area contributed by atoms with Crippen LogP contribution in [0.15, 0.2) is 30.3 Å². The summed E-state index contributed by atoms with van der Waals surface area (Å²) >= 11 is 0. The molecule has 0 radical (unpaired) electrons. The zero-order chi connectivity index (χ0) is 14.4. The van der Waals surface area contributed by atoms with Crippen molar-refractivity contribution in [2.75, 3.05) is 0 Å². The second kappa shape index (κ2) is 6.39. The SMILES string of the molecule is NC(=O)C[C@@H](C(=O)O)N(Cc1ccccc1)C(=O)O. The molecule has 0 aromatic heterocycles. The molecule has 0 heterocycles. The standard InChI is InChI=1S/C12H14N2O5/c13-10(15)6-9(11(16)17)14(12(18)19)7-8-4-2-1-3-5-8/h1-5,9H,6-7H2,(H2,13,15)(H,16,17)(H,18,19)/t9-/m0/s1. The van der Waals surface area contributed by atoms with Crippen LogP contribution in [0.5, 0.6) is 0 Å². The van der Waals surface area contributed by atoms with Crippen molar-refractivity contribution in [3.8, 4) is 0 Å². The van der Waals surface area contributed by atoms with Gasteiger partial charge in [0, 0.05) is 6.54 Å². The predicted octanol–water partition coefficient (Wildman–Crippen LogP) is 0.495. The molecule has 0 fully saturated rings. The Labute approximate surface area is 109 Å². The van der Waals surface area contributed by atoms with Gasteiger partial charge in [-0.2, -0.15) is 0 Å². The fraction of sp³-hybridized carbons (Fsp3) is 0.250. The van der Waals surface area contributed by atoms with Gasteiger partial charge in [0.1, 0.15) is 6.04 Å². The molecule has 2 amide bonds. The molecule has 0 saturated heterocycles. The third kappa shape index (κ3) is 4.30. The maximum absolute atomic E-state index is 11.1. The Kier molecular flexibility index (Phi) is 4.87. The number of carboxylic acids is 1. The highest BCUT2D eigenvalue weighted by molar-refractivity contribution is 5.86. The van der Waals surface area contributed by atoms with Gasteiger partial charge >= 0.3 is 12.1 Å². The topological polar surface area (TPSA) is 121 Å². The molecule has 7 heteroatoms. The lowest BCUT2D eigenvalue weighted by molar-refractivity contribution is -0.144. The van der Waals surface area contributed by atoms with Crippen LogP contribution < -0.4 is 5.73 Å². The van der Waals surface area contributed by atoms with E-state index in [4.69, 9.17) is 15.9 Å². The Morgan fingerprint density at radius 1 is 1.16 bits per heavy atom. The average Bonchev–Trinajstić information content (AvgIpc) is 2.34. The van der Waals surface area contributed by atoms with Crippen molar-refractivity contribution in [1.29, 1.82) is 0 Å². The first-order valence-electron chi connectivity index (χ1n) is 5.46. The summed E-state index contributed by atoms with van der Waals surface area (Å²) in [5.74, 6) is -2.27. The molecule has 0 spiro atoms. The van der Waals surface area contributed by atoms with Crippen LogP contribution >= 0.6 is 0 Å². The Bertz CT molecular complexity index is 474. The first-order valence-corrected chi connectivity index (χ1v) is 5.46. The second-order valence-electron chi connectivity index (χ2n) is 3.92. The zero-order valence-corrected chi connectivity index (χ0v) is 10.0. The second-order valence-corrected chi connectivity index (χ2v) is 3.92. The lowest BCUT2D eigenvalue weighted by Crippen LogP contribution is -2.46. The van der Waals surface area contributed by atoms with Crippen molar-refractivity contribution in [2.45, 2.75) is 19.0 Å². The van der Waals surface area contributed by atoms with Crippen molar-refractivity contribution in [1.82, 2.24) is 4.90 Å². The Hall–Kier alpha value is -2.57. The first kappa shape index (κ1) is 14.5. The van der Waals surface area contributed by atoms with Gasteiger partial charge in [0.25, 0.3) is 0 Å². The van der Waals surface area contributed by atoms with E-state index in [2.05, 4.69) is 0 Å². The molecule has 4 N–H and O–H groups in total. The van der Waals surface area contributed by atoms with Crippen LogP contribution in [0.4, 0.5) is 4.79 Å². The maximum atomic E-state index is 11.1. The van der Waals surface area contributed by atoms with Gasteiger partial charge in [-0.05, 0) is 5.56 Å². The van der Waals surface area contributed by atoms with Crippen molar-refractivity contribution in [3.63, 3.8) is 0 Å². The summed E-state index contributed by atoms with van der Waals surface area (Å²) in [5, 5.41) is 18.1. The molecule has 0 aliphatic heterocycles. The lowest BCUT2D eigenvalue weighted by Gasteiger charge is -2.25. The van der Waals surface area contributed by atoms with Gasteiger partial charge in [-0.1, -0.05) is 30.3 Å². The number of nitrogens with zero attached hydrogens (tertiary/aromatic N) is 1. The molecule has 0 aliphatic rings. The van der Waals surface area contributed by atoms with Crippen molar-refractivity contribution in [3.05, 3.63) is 35.9 Å². The molecular weight excluding hydrogens is 252 g/mol. The normalized spacial score (nSPS) is 11.6. The van der Waals surface area contributed by atoms with Gasteiger partial charge in [0.05, 0.1) is 6.42 Å². The zero-order valence-electron chi connectivity index (χ0n) is 10.0. The molecule has 0 saturated carbocycles. The van der Waals surface area contributed by atoms with E-state index >= 15 is 0 Å². The number of nitrogens with two attached hydrogens (primary N) is 1. The molecule has 1 aromatic carbocycles. The summed E-state index contributed by atoms with van der Waals surface area (Å²) in [7, 11) is 0. The van der Waals surface area contributed by atoms with E-state index in [0.717, 1.165) is 0 Å². The van der Waals surface area contributed by atoms with E-state index in [0.29, 0.717) is 10.5 Å². The van der Waals surface area contributed by atoms with E-state index in [9.17, 15) is 14.4 Å². The summed E-state index contributed by atoms with van der Waals surface area (Å²) in [4.78, 5) is 33.7. The Morgan fingerprint density at radius 2 is 1.74 bits per heavy atom. The third-order valence-electron chi connectivity index (χ3n) is 2.50. The molecule has 1 aromatic rings. The highest BCUT2D eigenvalue weighted by atomic mass is 16.4. The first-order chi connectivity index (χ1) is 8.91. The molecule has 0 aliphatic carbocycles. The highest BCUT2D eigenvalue weighted by Gasteiger charge is 2.31. The third-order valence-corrected chi connectivity index (χ3v) is 2.50. The minimum Gasteiger partial charge on any atom is -0.480 e. The number of hydrogen-bond acceptors (Lipinski definition) is 3. The van der Waals surface area contributed by atoms with Crippen LogP contribution in [-0.4, -0.2) is 39.1 Å². The van der Waals surface area contributed by atoms with Crippen LogP contribution in [0.3, 0.4) is 0 Å². The lowest BCUT2D eigenvalue weighted by atomic mass is 10.1. The van der Waals surface area contributed by atoms with Gasteiger partial charge in [-0.25, -0.2) is 9.59 Å². The van der Waals surface area contributed by atoms with Crippen LogP contribution in [0, 0.1) is 0 Å². The molecule has 102 valence electrons. The highest BCUT2D eigenvalue weighted by Crippen LogP contribution is 2.11. The molecule has 1 atom stereocenters. The quantitative estimate of drug-likeness (QED) is 0.692. The molecule has 0 bridgehead atoms. The van der Waals surface area contributed by atoms with E-state index in [-0.39, 0.29) is 6.54 Å². The summed E-state index contributed by atoms with van der Waals surface area (Å²) in [6, 6.07) is 7.01. The smallest absolute Gasteiger partial charge is 0.408 e. The largest absolute Gasteiger partial charge is 0.480 e. The fourth-order valence-electron chi connectivity index (χ4n) is 1.61. The Morgan fingerprint density at radius 3 is 2.16 bits per heavy atom. The summed E-state index contributed by atoms with van der Waals surface area (Å²) in [6.45, 7) is -0.125. The number of primary amides is 1. The van der Waals surface area contributed by atoms with Crippen LogP contribution in [0.25, 0.3) is 0 Å². The van der Waals surface area contributed by atoms with E-state index in [1.54, 1.807) is 30.3 Å². The van der Waals surface area contributed by atoms with Crippen molar-refractivity contribution in [2.24, 2.45) is 5.73 Å². The van der Waals surface area contributed by atoms with E-state index < -0.39 is 30.4 Å². The molecule has 0 unspecified atom stereocenters. The summed E-state index contributed by atoms with van der Waals surface area (Å²) < 4.78 is 0. The van der Waals surface area contributed by atoms with Crippen LogP contribution in [-0.2, 0) is 16.1 Å². The number of carboxylic acid groups (broad SMARTS) is 2. The van der Waals surface area contributed by atoms with Crippen LogP contribution in [0.1, 0.15) is 12.0 Å². The van der Waals surface area contributed by atoms with Gasteiger partial charge in [-0.15, -0.1) is 0 Å². The summed E-state index contributed by atoms with van der Waals surface area (Å²) in [5.41, 5.74) is 5.57. The minimum absolute atomic E-state index is 0.125. The number of benzene rings is 1. The maximum Gasteiger partial charge on any atom is 0.408 e. The minimum atomic E-state index is -1.49. The van der Waals surface area contributed by atoms with Gasteiger partial charge in [0.2, 0.25) is 5.91 Å². The number of aliphatic carboxylic acids is 1.